The average molecular weight is 339 g/mol. The summed E-state index contributed by atoms with van der Waals surface area (Å²) in [4.78, 5) is 14.0. The fraction of sp³-hybridized carbons (Fsp3) is 0.929. The Morgan fingerprint density at radius 1 is 1.29 bits per heavy atom. The van der Waals surface area contributed by atoms with Crippen molar-refractivity contribution in [3.8, 4) is 0 Å². The number of halogens is 1. The molecule has 3 atom stereocenters. The lowest BCUT2D eigenvalue weighted by molar-refractivity contribution is -0.130. The molecule has 0 bridgehead atoms. The van der Waals surface area contributed by atoms with Crippen LogP contribution in [0.1, 0.15) is 33.1 Å². The third-order valence-electron chi connectivity index (χ3n) is 4.48. The van der Waals surface area contributed by atoms with E-state index in [1.54, 1.807) is 0 Å². The maximum atomic E-state index is 12.1. The van der Waals surface area contributed by atoms with E-state index >= 15 is 0 Å². The third-order valence-corrected chi connectivity index (χ3v) is 6.48. The maximum Gasteiger partial charge on any atom is 0.223 e. The minimum atomic E-state index is -3.11. The van der Waals surface area contributed by atoms with Crippen LogP contribution in [0.2, 0.25) is 0 Å². The summed E-state index contributed by atoms with van der Waals surface area (Å²) in [6.07, 6.45) is 2.27. The number of hydrogen-bond donors (Lipinski definition) is 1. The summed E-state index contributed by atoms with van der Waals surface area (Å²) in [5, 5.41) is 0. The van der Waals surface area contributed by atoms with Gasteiger partial charge in [-0.15, -0.1) is 12.4 Å². The quantitative estimate of drug-likeness (QED) is 0.813. The molecule has 0 aromatic rings. The zero-order valence-corrected chi connectivity index (χ0v) is 14.5. The van der Waals surface area contributed by atoms with Gasteiger partial charge >= 0.3 is 0 Å². The number of rotatable bonds is 5. The molecule has 1 aliphatic heterocycles. The van der Waals surface area contributed by atoms with Gasteiger partial charge in [0.05, 0.1) is 11.5 Å². The van der Waals surface area contributed by atoms with Crippen molar-refractivity contribution in [1.29, 1.82) is 0 Å². The molecule has 21 heavy (non-hydrogen) atoms. The van der Waals surface area contributed by atoms with Gasteiger partial charge in [0.2, 0.25) is 5.91 Å². The molecule has 2 rings (SSSR count). The number of carbonyl (C=O) groups excluding carboxylic acids is 1. The molecule has 0 aromatic heterocycles. The van der Waals surface area contributed by atoms with E-state index in [9.17, 15) is 13.2 Å². The molecule has 1 saturated carbocycles. The van der Waals surface area contributed by atoms with Crippen LogP contribution < -0.4 is 5.73 Å². The molecule has 5 nitrogen and oxygen atoms in total. The Kier molecular flexibility index (Phi) is 6.50. The van der Waals surface area contributed by atoms with Crippen molar-refractivity contribution in [2.75, 3.05) is 24.6 Å². The molecule has 1 aliphatic carbocycles. The van der Waals surface area contributed by atoms with Crippen LogP contribution in [-0.4, -0.2) is 49.9 Å². The fourth-order valence-corrected chi connectivity index (χ4v) is 5.17. The van der Waals surface area contributed by atoms with Crippen LogP contribution >= 0.6 is 12.4 Å². The zero-order valence-electron chi connectivity index (χ0n) is 12.8. The van der Waals surface area contributed by atoms with Gasteiger partial charge in [-0.1, -0.05) is 13.8 Å². The van der Waals surface area contributed by atoms with E-state index in [1.165, 1.54) is 0 Å². The fourth-order valence-electron chi connectivity index (χ4n) is 3.50. The van der Waals surface area contributed by atoms with Gasteiger partial charge in [0.1, 0.15) is 0 Å². The Morgan fingerprint density at radius 3 is 2.52 bits per heavy atom. The van der Waals surface area contributed by atoms with Gasteiger partial charge < -0.3 is 10.6 Å². The first-order valence-corrected chi connectivity index (χ1v) is 9.34. The highest BCUT2D eigenvalue weighted by Crippen LogP contribution is 2.37. The third kappa shape index (κ3) is 4.83. The standard InChI is InChI=1S/C14H26N2O3S.ClH/c1-10(2)9-20(18,19)6-5-14(17)16-7-11-3-4-13(15)12(11)8-16;/h10-13H,3-9,15H2,1-2H3;1H. The van der Waals surface area contributed by atoms with Crippen LogP contribution in [0.15, 0.2) is 0 Å². The van der Waals surface area contributed by atoms with Crippen molar-refractivity contribution in [2.24, 2.45) is 23.5 Å². The molecule has 3 unspecified atom stereocenters. The van der Waals surface area contributed by atoms with Crippen molar-refractivity contribution < 1.29 is 13.2 Å². The number of hydrogen-bond acceptors (Lipinski definition) is 4. The van der Waals surface area contributed by atoms with Gasteiger partial charge in [-0.05, 0) is 30.6 Å². The lowest BCUT2D eigenvalue weighted by atomic mass is 9.98. The molecule has 0 radical (unpaired) electrons. The van der Waals surface area contributed by atoms with E-state index in [0.717, 1.165) is 25.9 Å². The summed E-state index contributed by atoms with van der Waals surface area (Å²) in [6, 6.07) is 0.211. The summed E-state index contributed by atoms with van der Waals surface area (Å²) in [6.45, 7) is 5.24. The SMILES string of the molecule is CC(C)CS(=O)(=O)CCC(=O)N1CC2CCC(N)C2C1.Cl. The normalized spacial score (nSPS) is 28.6. The molecule has 1 heterocycles. The van der Waals surface area contributed by atoms with E-state index < -0.39 is 9.84 Å². The number of likely N-dealkylation sites (tertiary alicyclic amines) is 1. The smallest absolute Gasteiger partial charge is 0.223 e. The molecule has 0 aromatic carbocycles. The van der Waals surface area contributed by atoms with E-state index in [-0.39, 0.29) is 48.2 Å². The van der Waals surface area contributed by atoms with Crippen molar-refractivity contribution in [3.05, 3.63) is 0 Å². The number of nitrogens with two attached hydrogens (primary N) is 1. The number of sulfone groups is 1. The zero-order chi connectivity index (χ0) is 14.9. The largest absolute Gasteiger partial charge is 0.342 e. The van der Waals surface area contributed by atoms with Crippen LogP contribution in [0.4, 0.5) is 0 Å². The van der Waals surface area contributed by atoms with Crippen molar-refractivity contribution >= 4 is 28.2 Å². The van der Waals surface area contributed by atoms with Gasteiger partial charge in [-0.3, -0.25) is 4.79 Å². The Hall–Kier alpha value is -0.330. The summed E-state index contributed by atoms with van der Waals surface area (Å²) in [5.74, 6) is 1.17. The van der Waals surface area contributed by atoms with E-state index in [1.807, 2.05) is 18.7 Å². The van der Waals surface area contributed by atoms with Crippen LogP contribution in [0.3, 0.4) is 0 Å². The summed E-state index contributed by atoms with van der Waals surface area (Å²) in [7, 11) is -3.11. The highest BCUT2D eigenvalue weighted by Gasteiger charge is 2.42. The van der Waals surface area contributed by atoms with Gasteiger partial charge in [0.15, 0.2) is 9.84 Å². The number of amides is 1. The minimum Gasteiger partial charge on any atom is -0.342 e. The highest BCUT2D eigenvalue weighted by molar-refractivity contribution is 7.91. The van der Waals surface area contributed by atoms with E-state index in [0.29, 0.717) is 11.8 Å². The lowest BCUT2D eigenvalue weighted by Gasteiger charge is -2.19. The molecular weight excluding hydrogens is 312 g/mol. The summed E-state index contributed by atoms with van der Waals surface area (Å²) >= 11 is 0. The first-order chi connectivity index (χ1) is 9.28. The maximum absolute atomic E-state index is 12.1. The first kappa shape index (κ1) is 18.7. The van der Waals surface area contributed by atoms with Crippen molar-refractivity contribution in [2.45, 2.75) is 39.2 Å². The van der Waals surface area contributed by atoms with Gasteiger partial charge in [-0.2, -0.15) is 0 Å². The molecule has 124 valence electrons. The number of fused-ring (bicyclic) bond motifs is 1. The number of nitrogens with zero attached hydrogens (tertiary/aromatic N) is 1. The monoisotopic (exact) mass is 338 g/mol. The Bertz CT molecular complexity index is 467. The van der Waals surface area contributed by atoms with Crippen LogP contribution in [0.5, 0.6) is 0 Å². The first-order valence-electron chi connectivity index (χ1n) is 7.52. The molecule has 7 heteroatoms. The molecule has 1 saturated heterocycles. The molecule has 2 N–H and O–H groups in total. The van der Waals surface area contributed by atoms with Gasteiger partial charge in [0, 0.05) is 25.6 Å². The van der Waals surface area contributed by atoms with Gasteiger partial charge in [-0.25, -0.2) is 8.42 Å². The summed E-state index contributed by atoms with van der Waals surface area (Å²) in [5.41, 5.74) is 6.05. The van der Waals surface area contributed by atoms with Crippen LogP contribution in [-0.2, 0) is 14.6 Å². The second kappa shape index (κ2) is 7.29. The molecular formula is C14H27ClN2O3S. The predicted molar refractivity (Wildman–Crippen MR) is 86.1 cm³/mol. The Morgan fingerprint density at radius 2 is 1.95 bits per heavy atom. The van der Waals surface area contributed by atoms with Gasteiger partial charge in [0.25, 0.3) is 0 Å². The summed E-state index contributed by atoms with van der Waals surface area (Å²) < 4.78 is 23.6. The highest BCUT2D eigenvalue weighted by atomic mass is 35.5. The minimum absolute atomic E-state index is 0. The van der Waals surface area contributed by atoms with Crippen molar-refractivity contribution in [3.63, 3.8) is 0 Å². The molecule has 2 aliphatic rings. The van der Waals surface area contributed by atoms with Crippen LogP contribution in [0, 0.1) is 17.8 Å². The predicted octanol–water partition coefficient (Wildman–Crippen LogP) is 1.06. The Labute approximate surface area is 134 Å². The molecule has 2 fully saturated rings. The average Bonchev–Trinajstić information content (AvgIpc) is 2.87. The topological polar surface area (TPSA) is 80.5 Å². The lowest BCUT2D eigenvalue weighted by Crippen LogP contribution is -2.34. The van der Waals surface area contributed by atoms with Crippen molar-refractivity contribution in [1.82, 2.24) is 4.90 Å². The Balaban J connectivity index is 0.00000220. The molecule has 0 spiro atoms. The molecule has 1 amide bonds. The van der Waals surface area contributed by atoms with Crippen LogP contribution in [0.25, 0.3) is 0 Å². The number of carbonyl (C=O) groups is 1. The second-order valence-corrected chi connectivity index (χ2v) is 8.95. The van der Waals surface area contributed by atoms with E-state index in [2.05, 4.69) is 0 Å². The van der Waals surface area contributed by atoms with E-state index in [4.69, 9.17) is 5.73 Å². The second-order valence-electron chi connectivity index (χ2n) is 6.72.